The van der Waals surface area contributed by atoms with E-state index in [4.69, 9.17) is 16.3 Å². The number of hydrogen-bond acceptors (Lipinski definition) is 6. The van der Waals surface area contributed by atoms with Gasteiger partial charge in [0.2, 0.25) is 5.13 Å². The summed E-state index contributed by atoms with van der Waals surface area (Å²) >= 11 is 7.39. The highest BCUT2D eigenvalue weighted by atomic mass is 35.5. The number of thiazole rings is 1. The molecule has 3 rings (SSSR count). The summed E-state index contributed by atoms with van der Waals surface area (Å²) in [5, 5.41) is 10.4. The van der Waals surface area contributed by atoms with Crippen molar-refractivity contribution in [2.45, 2.75) is 38.8 Å². The van der Waals surface area contributed by atoms with E-state index >= 15 is 0 Å². The third-order valence-corrected chi connectivity index (χ3v) is 5.06. The maximum Gasteiger partial charge on any atom is 0.408 e. The zero-order valence-corrected chi connectivity index (χ0v) is 19.2. The Kier molecular flexibility index (Phi) is 7.65. The number of aromatic nitrogens is 1. The summed E-state index contributed by atoms with van der Waals surface area (Å²) in [6.45, 7) is 5.49. The van der Waals surface area contributed by atoms with Crippen LogP contribution in [0.3, 0.4) is 0 Å². The molecule has 2 aromatic carbocycles. The molecule has 1 aromatic heterocycles. The summed E-state index contributed by atoms with van der Waals surface area (Å²) in [4.78, 5) is 16.8. The number of hydrogen-bond donors (Lipinski definition) is 2. The van der Waals surface area contributed by atoms with Crippen LogP contribution in [0.25, 0.3) is 11.3 Å². The van der Waals surface area contributed by atoms with Gasteiger partial charge in [0, 0.05) is 22.2 Å². The van der Waals surface area contributed by atoms with E-state index < -0.39 is 11.7 Å². The van der Waals surface area contributed by atoms with Crippen LogP contribution in [0.2, 0.25) is 5.02 Å². The molecule has 0 aliphatic heterocycles. The minimum Gasteiger partial charge on any atom is -0.444 e. The fraction of sp³-hybridized carbons (Fsp3) is 0.261. The van der Waals surface area contributed by atoms with E-state index in [1.165, 1.54) is 11.3 Å². The van der Waals surface area contributed by atoms with Crippen molar-refractivity contribution in [3.8, 4) is 11.3 Å². The molecule has 0 saturated carbocycles. The lowest BCUT2D eigenvalue weighted by Crippen LogP contribution is -2.41. The van der Waals surface area contributed by atoms with Crippen molar-refractivity contribution < 1.29 is 9.53 Å². The minimum atomic E-state index is -0.574. The molecule has 3 aromatic rings. The normalized spacial score (nSPS) is 12.5. The molecule has 0 aliphatic rings. The summed E-state index contributed by atoms with van der Waals surface area (Å²) in [6.07, 6.45) is 1.75. The van der Waals surface area contributed by atoms with E-state index in [1.54, 1.807) is 6.21 Å². The molecule has 1 atom stereocenters. The number of carbonyl (C=O) groups is 1. The first-order chi connectivity index (χ1) is 14.8. The number of nitrogens with one attached hydrogen (secondary N) is 2. The van der Waals surface area contributed by atoms with Crippen LogP contribution < -0.4 is 10.7 Å². The molecule has 0 unspecified atom stereocenters. The number of anilines is 1. The molecule has 0 radical (unpaired) electrons. The van der Waals surface area contributed by atoms with Crippen LogP contribution in [0.5, 0.6) is 0 Å². The Labute approximate surface area is 191 Å². The summed E-state index contributed by atoms with van der Waals surface area (Å²) in [5.41, 5.74) is 5.26. The monoisotopic (exact) mass is 456 g/mol. The van der Waals surface area contributed by atoms with Gasteiger partial charge in [-0.1, -0.05) is 54.1 Å². The topological polar surface area (TPSA) is 75.6 Å². The van der Waals surface area contributed by atoms with Gasteiger partial charge in [-0.2, -0.15) is 5.10 Å². The first-order valence-corrected chi connectivity index (χ1v) is 11.1. The van der Waals surface area contributed by atoms with Gasteiger partial charge in [-0.05, 0) is 44.9 Å². The molecule has 31 heavy (non-hydrogen) atoms. The molecular weight excluding hydrogens is 432 g/mol. The number of nitrogens with zero attached hydrogens (tertiary/aromatic N) is 2. The van der Waals surface area contributed by atoms with E-state index in [-0.39, 0.29) is 6.04 Å². The van der Waals surface area contributed by atoms with E-state index in [2.05, 4.69) is 20.8 Å². The second kappa shape index (κ2) is 10.4. The summed E-state index contributed by atoms with van der Waals surface area (Å²) < 4.78 is 5.38. The second-order valence-electron chi connectivity index (χ2n) is 7.88. The second-order valence-corrected chi connectivity index (χ2v) is 9.17. The Bertz CT molecular complexity index is 1010. The van der Waals surface area contributed by atoms with Crippen molar-refractivity contribution in [2.24, 2.45) is 5.10 Å². The highest BCUT2D eigenvalue weighted by Gasteiger charge is 2.19. The lowest BCUT2D eigenvalue weighted by Gasteiger charge is -2.22. The minimum absolute atomic E-state index is 0.347. The van der Waals surface area contributed by atoms with Gasteiger partial charge in [0.05, 0.1) is 11.7 Å². The number of hydrazone groups is 1. The fourth-order valence-electron chi connectivity index (χ4n) is 2.73. The first kappa shape index (κ1) is 22.8. The van der Waals surface area contributed by atoms with Crippen LogP contribution in [0.15, 0.2) is 65.1 Å². The summed E-state index contributed by atoms with van der Waals surface area (Å²) in [7, 11) is 0. The number of carbonyl (C=O) groups excluding carboxylic acids is 1. The number of rotatable bonds is 7. The quantitative estimate of drug-likeness (QED) is 0.338. The molecule has 8 heteroatoms. The zero-order chi connectivity index (χ0) is 22.3. The number of ether oxygens (including phenoxy) is 1. The Morgan fingerprint density at radius 1 is 1.19 bits per heavy atom. The van der Waals surface area contributed by atoms with Crippen molar-refractivity contribution in [1.82, 2.24) is 10.3 Å². The van der Waals surface area contributed by atoms with Gasteiger partial charge < -0.3 is 10.1 Å². The van der Waals surface area contributed by atoms with Crippen LogP contribution in [0.4, 0.5) is 9.93 Å². The maximum absolute atomic E-state index is 12.2. The van der Waals surface area contributed by atoms with Crippen LogP contribution in [-0.4, -0.2) is 28.9 Å². The van der Waals surface area contributed by atoms with E-state index in [0.717, 1.165) is 16.8 Å². The van der Waals surface area contributed by atoms with Crippen LogP contribution in [0, 0.1) is 0 Å². The van der Waals surface area contributed by atoms with E-state index in [1.807, 2.05) is 80.7 Å². The lowest BCUT2D eigenvalue weighted by molar-refractivity contribution is 0.0519. The van der Waals surface area contributed by atoms with Crippen molar-refractivity contribution in [3.63, 3.8) is 0 Å². The van der Waals surface area contributed by atoms with Gasteiger partial charge in [-0.25, -0.2) is 9.78 Å². The highest BCUT2D eigenvalue weighted by molar-refractivity contribution is 7.14. The third kappa shape index (κ3) is 7.70. The Balaban J connectivity index is 1.65. The first-order valence-electron chi connectivity index (χ1n) is 9.82. The summed E-state index contributed by atoms with van der Waals surface area (Å²) in [5.74, 6) is 0. The molecule has 162 valence electrons. The number of benzene rings is 2. The molecule has 0 fully saturated rings. The molecular formula is C23H25ClN4O2S. The fourth-order valence-corrected chi connectivity index (χ4v) is 3.52. The predicted octanol–water partition coefficient (Wildman–Crippen LogP) is 6.00. The Hall–Kier alpha value is -2.90. The van der Waals surface area contributed by atoms with Gasteiger partial charge in [0.1, 0.15) is 5.60 Å². The van der Waals surface area contributed by atoms with Gasteiger partial charge in [0.25, 0.3) is 0 Å². The molecule has 2 N–H and O–H groups in total. The molecule has 6 nitrogen and oxygen atoms in total. The molecule has 0 aliphatic carbocycles. The molecule has 1 amide bonds. The SMILES string of the molecule is CC(C)(C)OC(=O)N[C@H](/C=N/Nc1nc(-c2ccc(Cl)cc2)cs1)Cc1ccccc1. The van der Waals surface area contributed by atoms with Crippen molar-refractivity contribution in [1.29, 1.82) is 0 Å². The maximum atomic E-state index is 12.2. The van der Waals surface area contributed by atoms with Crippen LogP contribution in [0.1, 0.15) is 26.3 Å². The molecule has 1 heterocycles. The molecule has 0 spiro atoms. The number of amides is 1. The largest absolute Gasteiger partial charge is 0.444 e. The lowest BCUT2D eigenvalue weighted by atomic mass is 10.1. The van der Waals surface area contributed by atoms with Crippen molar-refractivity contribution >= 4 is 40.4 Å². The van der Waals surface area contributed by atoms with Crippen LogP contribution in [-0.2, 0) is 11.2 Å². The third-order valence-electron chi connectivity index (χ3n) is 4.06. The van der Waals surface area contributed by atoms with Gasteiger partial charge in [0.15, 0.2) is 0 Å². The highest BCUT2D eigenvalue weighted by Crippen LogP contribution is 2.25. The van der Waals surface area contributed by atoms with Gasteiger partial charge in [-0.3, -0.25) is 5.43 Å². The van der Waals surface area contributed by atoms with Crippen LogP contribution >= 0.6 is 22.9 Å². The van der Waals surface area contributed by atoms with Gasteiger partial charge >= 0.3 is 6.09 Å². The standard InChI is InChI=1S/C23H25ClN4O2S/c1-23(2,3)30-22(29)26-19(13-16-7-5-4-6-8-16)14-25-28-21-27-20(15-31-21)17-9-11-18(24)12-10-17/h4-12,14-15,19H,13H2,1-3H3,(H,26,29)(H,27,28)/b25-14+/t19-/m0/s1. The Morgan fingerprint density at radius 3 is 2.58 bits per heavy atom. The predicted molar refractivity (Wildman–Crippen MR) is 128 cm³/mol. The average molecular weight is 457 g/mol. The van der Waals surface area contributed by atoms with E-state index in [0.29, 0.717) is 16.6 Å². The number of halogens is 1. The van der Waals surface area contributed by atoms with Gasteiger partial charge in [-0.15, -0.1) is 11.3 Å². The van der Waals surface area contributed by atoms with Crippen molar-refractivity contribution in [3.05, 3.63) is 70.6 Å². The smallest absolute Gasteiger partial charge is 0.408 e. The molecule has 0 saturated heterocycles. The summed E-state index contributed by atoms with van der Waals surface area (Å²) in [6, 6.07) is 17.0. The number of alkyl carbamates (subject to hydrolysis) is 1. The Morgan fingerprint density at radius 2 is 1.90 bits per heavy atom. The van der Waals surface area contributed by atoms with Crippen molar-refractivity contribution in [2.75, 3.05) is 5.43 Å². The average Bonchev–Trinajstić information content (AvgIpc) is 3.16. The zero-order valence-electron chi connectivity index (χ0n) is 17.6. The van der Waals surface area contributed by atoms with E-state index in [9.17, 15) is 4.79 Å². The molecule has 0 bridgehead atoms.